The number of anilines is 2. The molecule has 0 saturated carbocycles. The summed E-state index contributed by atoms with van der Waals surface area (Å²) in [4.78, 5) is 14.9. The number of amides is 1. The van der Waals surface area contributed by atoms with E-state index in [1.807, 2.05) is 6.92 Å². The number of hydrogen-bond acceptors (Lipinski definition) is 5. The lowest BCUT2D eigenvalue weighted by Crippen LogP contribution is -2.10. The summed E-state index contributed by atoms with van der Waals surface area (Å²) in [6.07, 6.45) is 0. The molecule has 1 aromatic rings. The van der Waals surface area contributed by atoms with E-state index >= 15 is 0 Å². The van der Waals surface area contributed by atoms with Crippen molar-refractivity contribution < 1.29 is 4.79 Å². The molecular formula is C6H10N4OS. The van der Waals surface area contributed by atoms with Crippen LogP contribution in [0.3, 0.4) is 0 Å². The minimum absolute atomic E-state index is 0.198. The number of nitrogen functional groups attached to an aromatic ring is 1. The summed E-state index contributed by atoms with van der Waals surface area (Å²) in [5.74, 6) is -0.336. The van der Waals surface area contributed by atoms with E-state index in [4.69, 9.17) is 11.5 Å². The second-order valence-electron chi connectivity index (χ2n) is 2.13. The first kappa shape index (κ1) is 8.79. The van der Waals surface area contributed by atoms with E-state index in [0.29, 0.717) is 10.0 Å². The maximum absolute atomic E-state index is 10.7. The van der Waals surface area contributed by atoms with Crippen molar-refractivity contribution in [1.82, 2.24) is 4.98 Å². The molecule has 0 saturated heterocycles. The predicted molar refractivity (Wildman–Crippen MR) is 49.2 cm³/mol. The number of nitrogens with zero attached hydrogens (tertiary/aromatic N) is 1. The van der Waals surface area contributed by atoms with Gasteiger partial charge in [-0.1, -0.05) is 11.3 Å². The molecular weight excluding hydrogens is 176 g/mol. The first-order valence-electron chi connectivity index (χ1n) is 3.45. The van der Waals surface area contributed by atoms with Gasteiger partial charge in [0.1, 0.15) is 10.7 Å². The minimum Gasteiger partial charge on any atom is -0.382 e. The SMILES string of the molecule is CCNc1nc(N)c(C(N)=O)s1. The maximum Gasteiger partial charge on any atom is 0.262 e. The van der Waals surface area contributed by atoms with Crippen molar-refractivity contribution in [1.29, 1.82) is 0 Å². The molecule has 0 aliphatic rings. The third-order valence-corrected chi connectivity index (χ3v) is 2.25. The summed E-state index contributed by atoms with van der Waals surface area (Å²) in [7, 11) is 0. The molecule has 0 atom stereocenters. The van der Waals surface area contributed by atoms with Crippen LogP contribution in [0.4, 0.5) is 10.9 Å². The van der Waals surface area contributed by atoms with Crippen LogP contribution >= 0.6 is 11.3 Å². The number of nitrogens with two attached hydrogens (primary N) is 2. The van der Waals surface area contributed by atoms with E-state index < -0.39 is 5.91 Å². The third kappa shape index (κ3) is 1.65. The summed E-state index contributed by atoms with van der Waals surface area (Å²) in [6, 6.07) is 0. The summed E-state index contributed by atoms with van der Waals surface area (Å²) < 4.78 is 0. The van der Waals surface area contributed by atoms with E-state index in [2.05, 4.69) is 10.3 Å². The number of aromatic nitrogens is 1. The van der Waals surface area contributed by atoms with Gasteiger partial charge >= 0.3 is 0 Å². The van der Waals surface area contributed by atoms with Crippen molar-refractivity contribution >= 4 is 28.2 Å². The van der Waals surface area contributed by atoms with E-state index in [1.54, 1.807) is 0 Å². The zero-order valence-corrected chi connectivity index (χ0v) is 7.44. The van der Waals surface area contributed by atoms with Crippen molar-refractivity contribution in [3.05, 3.63) is 4.88 Å². The smallest absolute Gasteiger partial charge is 0.262 e. The highest BCUT2D eigenvalue weighted by Gasteiger charge is 2.11. The van der Waals surface area contributed by atoms with Crippen molar-refractivity contribution in [2.45, 2.75) is 6.92 Å². The van der Waals surface area contributed by atoms with Gasteiger partial charge in [0.25, 0.3) is 5.91 Å². The molecule has 1 aromatic heterocycles. The lowest BCUT2D eigenvalue weighted by Gasteiger charge is -1.92. The summed E-state index contributed by atoms with van der Waals surface area (Å²) in [6.45, 7) is 2.67. The average molecular weight is 186 g/mol. The molecule has 0 spiro atoms. The number of primary amides is 1. The van der Waals surface area contributed by atoms with Crippen LogP contribution in [0.1, 0.15) is 16.6 Å². The van der Waals surface area contributed by atoms with Gasteiger partial charge in [0.2, 0.25) is 0 Å². The Labute approximate surface area is 73.8 Å². The van der Waals surface area contributed by atoms with Crippen molar-refractivity contribution in [2.24, 2.45) is 5.73 Å². The first-order valence-corrected chi connectivity index (χ1v) is 4.26. The highest BCUT2D eigenvalue weighted by Crippen LogP contribution is 2.23. The van der Waals surface area contributed by atoms with E-state index in [9.17, 15) is 4.79 Å². The van der Waals surface area contributed by atoms with Crippen LogP contribution in [0, 0.1) is 0 Å². The topological polar surface area (TPSA) is 94.0 Å². The highest BCUT2D eigenvalue weighted by atomic mass is 32.1. The van der Waals surface area contributed by atoms with Crippen LogP contribution in [0.15, 0.2) is 0 Å². The van der Waals surface area contributed by atoms with Gasteiger partial charge in [-0.3, -0.25) is 4.79 Å². The Morgan fingerprint density at radius 1 is 1.75 bits per heavy atom. The molecule has 6 heteroatoms. The second-order valence-corrected chi connectivity index (χ2v) is 3.13. The number of nitrogens with one attached hydrogen (secondary N) is 1. The van der Waals surface area contributed by atoms with Gasteiger partial charge in [-0.25, -0.2) is 4.98 Å². The number of thiazole rings is 1. The Hall–Kier alpha value is -1.30. The largest absolute Gasteiger partial charge is 0.382 e. The molecule has 0 fully saturated rings. The van der Waals surface area contributed by atoms with Gasteiger partial charge in [0, 0.05) is 6.54 Å². The molecule has 0 aromatic carbocycles. The van der Waals surface area contributed by atoms with E-state index in [1.165, 1.54) is 11.3 Å². The van der Waals surface area contributed by atoms with E-state index in [-0.39, 0.29) is 5.82 Å². The molecule has 0 radical (unpaired) electrons. The monoisotopic (exact) mass is 186 g/mol. The quantitative estimate of drug-likeness (QED) is 0.631. The van der Waals surface area contributed by atoms with Crippen molar-refractivity contribution in [3.63, 3.8) is 0 Å². The Balaban J connectivity index is 2.92. The Morgan fingerprint density at radius 3 is 2.83 bits per heavy atom. The zero-order valence-electron chi connectivity index (χ0n) is 6.63. The minimum atomic E-state index is -0.533. The molecule has 12 heavy (non-hydrogen) atoms. The molecule has 0 aliphatic heterocycles. The fourth-order valence-corrected chi connectivity index (χ4v) is 1.54. The van der Waals surface area contributed by atoms with Gasteiger partial charge in [0.15, 0.2) is 5.13 Å². The highest BCUT2D eigenvalue weighted by molar-refractivity contribution is 7.18. The molecule has 0 bridgehead atoms. The fraction of sp³-hybridized carbons (Fsp3) is 0.333. The molecule has 5 N–H and O–H groups in total. The van der Waals surface area contributed by atoms with Gasteiger partial charge in [-0.05, 0) is 6.92 Å². The van der Waals surface area contributed by atoms with Crippen LogP contribution < -0.4 is 16.8 Å². The van der Waals surface area contributed by atoms with E-state index in [0.717, 1.165) is 6.54 Å². The lowest BCUT2D eigenvalue weighted by molar-refractivity contribution is 0.100. The number of carbonyl (C=O) groups excluding carboxylic acids is 1. The van der Waals surface area contributed by atoms with Crippen LogP contribution in [0.25, 0.3) is 0 Å². The molecule has 0 unspecified atom stereocenters. The van der Waals surface area contributed by atoms with Gasteiger partial charge < -0.3 is 16.8 Å². The average Bonchev–Trinajstić information content (AvgIpc) is 2.32. The molecule has 1 amide bonds. The molecule has 0 aliphatic carbocycles. The molecule has 66 valence electrons. The van der Waals surface area contributed by atoms with Gasteiger partial charge in [-0.2, -0.15) is 0 Å². The molecule has 1 rings (SSSR count). The predicted octanol–water partition coefficient (Wildman–Crippen LogP) is 0.256. The standard InChI is InChI=1S/C6H10N4OS/c1-2-9-6-10-4(7)3(12-6)5(8)11/h2,7H2,1H3,(H2,8,11)(H,9,10). The number of hydrogen-bond donors (Lipinski definition) is 3. The lowest BCUT2D eigenvalue weighted by atomic mass is 10.5. The van der Waals surface area contributed by atoms with Crippen LogP contribution in [0.5, 0.6) is 0 Å². The number of rotatable bonds is 3. The van der Waals surface area contributed by atoms with Gasteiger partial charge in [0.05, 0.1) is 0 Å². The van der Waals surface area contributed by atoms with Gasteiger partial charge in [-0.15, -0.1) is 0 Å². The number of carbonyl (C=O) groups is 1. The van der Waals surface area contributed by atoms with Crippen LogP contribution in [0.2, 0.25) is 0 Å². The summed E-state index contributed by atoms with van der Waals surface area (Å²) in [5, 5.41) is 3.57. The second kappa shape index (κ2) is 3.40. The zero-order chi connectivity index (χ0) is 9.14. The summed E-state index contributed by atoms with van der Waals surface area (Å²) in [5.41, 5.74) is 10.5. The van der Waals surface area contributed by atoms with Crippen molar-refractivity contribution in [3.8, 4) is 0 Å². The Bertz CT molecular complexity index is 296. The van der Waals surface area contributed by atoms with Crippen molar-refractivity contribution in [2.75, 3.05) is 17.6 Å². The maximum atomic E-state index is 10.7. The molecule has 5 nitrogen and oxygen atoms in total. The first-order chi connectivity index (χ1) is 5.65. The Kier molecular flexibility index (Phi) is 2.49. The Morgan fingerprint density at radius 2 is 2.42 bits per heavy atom. The summed E-state index contributed by atoms with van der Waals surface area (Å²) >= 11 is 1.17. The fourth-order valence-electron chi connectivity index (χ4n) is 0.735. The van der Waals surface area contributed by atoms with Crippen LogP contribution in [-0.2, 0) is 0 Å². The third-order valence-electron chi connectivity index (χ3n) is 1.21. The normalized spacial score (nSPS) is 9.75. The van der Waals surface area contributed by atoms with Crippen LogP contribution in [-0.4, -0.2) is 17.4 Å². The molecule has 1 heterocycles.